The highest BCUT2D eigenvalue weighted by Crippen LogP contribution is 2.25. The van der Waals surface area contributed by atoms with Crippen molar-refractivity contribution in [3.63, 3.8) is 0 Å². The maximum Gasteiger partial charge on any atom is 0.226 e. The van der Waals surface area contributed by atoms with Gasteiger partial charge in [-0.1, -0.05) is 13.8 Å². The molecule has 4 nitrogen and oxygen atoms in total. The number of carbonyl (C=O) groups is 1. The summed E-state index contributed by atoms with van der Waals surface area (Å²) in [6.07, 6.45) is 2.24. The lowest BCUT2D eigenvalue weighted by Gasteiger charge is -2.13. The molecule has 5 heteroatoms. The van der Waals surface area contributed by atoms with Crippen molar-refractivity contribution in [3.05, 3.63) is 29.0 Å². The fourth-order valence-electron chi connectivity index (χ4n) is 1.99. The number of aromatic nitrogens is 1. The molecule has 0 atom stereocenters. The minimum atomic E-state index is 0.0335. The third-order valence-electron chi connectivity index (χ3n) is 3.20. The van der Waals surface area contributed by atoms with Crippen molar-refractivity contribution in [2.45, 2.75) is 46.1 Å². The summed E-state index contributed by atoms with van der Waals surface area (Å²) in [5.41, 5.74) is 0.794. The second kappa shape index (κ2) is 6.70. The molecule has 0 aliphatic rings. The summed E-state index contributed by atoms with van der Waals surface area (Å²) in [6, 6.07) is 4.08. The summed E-state index contributed by atoms with van der Waals surface area (Å²) in [5, 5.41) is 5.76. The number of amides is 1. The smallest absolute Gasteiger partial charge is 0.226 e. The molecule has 0 aliphatic carbocycles. The van der Waals surface area contributed by atoms with Crippen LogP contribution in [-0.4, -0.2) is 16.9 Å². The highest BCUT2D eigenvalue weighted by molar-refractivity contribution is 7.13. The molecular formula is C15H20N2O2S. The molecule has 1 amide bonds. The standard InChI is InChI=1S/C15H20N2O2S/c1-4-11(5-2)16-14(18)8-12-9-20-15(17-12)13-7-6-10(3)19-13/h6-7,9,11H,4-5,8H2,1-3H3,(H,16,18). The Kier molecular flexibility index (Phi) is 4.95. The van der Waals surface area contributed by atoms with Gasteiger partial charge in [-0.15, -0.1) is 11.3 Å². The van der Waals surface area contributed by atoms with Crippen molar-refractivity contribution in [1.29, 1.82) is 0 Å². The third kappa shape index (κ3) is 3.70. The number of hydrogen-bond donors (Lipinski definition) is 1. The van der Waals surface area contributed by atoms with E-state index in [-0.39, 0.29) is 11.9 Å². The fraction of sp³-hybridized carbons (Fsp3) is 0.467. The average molecular weight is 292 g/mol. The molecule has 2 heterocycles. The van der Waals surface area contributed by atoms with Crippen molar-refractivity contribution >= 4 is 17.2 Å². The van der Waals surface area contributed by atoms with Crippen molar-refractivity contribution in [2.75, 3.05) is 0 Å². The van der Waals surface area contributed by atoms with Gasteiger partial charge < -0.3 is 9.73 Å². The van der Waals surface area contributed by atoms with E-state index in [1.807, 2.05) is 24.4 Å². The van der Waals surface area contributed by atoms with Crippen LogP contribution in [0.15, 0.2) is 21.9 Å². The van der Waals surface area contributed by atoms with Gasteiger partial charge in [0.2, 0.25) is 5.91 Å². The van der Waals surface area contributed by atoms with E-state index in [4.69, 9.17) is 4.42 Å². The Morgan fingerprint density at radius 3 is 2.75 bits per heavy atom. The van der Waals surface area contributed by atoms with Gasteiger partial charge in [0.1, 0.15) is 5.76 Å². The molecule has 108 valence electrons. The van der Waals surface area contributed by atoms with Gasteiger partial charge in [-0.05, 0) is 31.9 Å². The molecule has 0 radical (unpaired) electrons. The van der Waals surface area contributed by atoms with Crippen LogP contribution in [0, 0.1) is 6.92 Å². The van der Waals surface area contributed by atoms with Crippen LogP contribution in [0.1, 0.15) is 38.1 Å². The number of aryl methyl sites for hydroxylation is 1. The second-order valence-electron chi connectivity index (χ2n) is 4.81. The topological polar surface area (TPSA) is 55.1 Å². The molecule has 0 saturated heterocycles. The molecule has 0 aliphatic heterocycles. The van der Waals surface area contributed by atoms with Crippen LogP contribution in [-0.2, 0) is 11.2 Å². The van der Waals surface area contributed by atoms with Crippen LogP contribution in [0.2, 0.25) is 0 Å². The zero-order chi connectivity index (χ0) is 14.5. The first kappa shape index (κ1) is 14.8. The summed E-state index contributed by atoms with van der Waals surface area (Å²) < 4.78 is 5.53. The van der Waals surface area contributed by atoms with Gasteiger partial charge in [-0.2, -0.15) is 0 Å². The quantitative estimate of drug-likeness (QED) is 0.885. The Morgan fingerprint density at radius 2 is 2.15 bits per heavy atom. The van der Waals surface area contributed by atoms with Gasteiger partial charge in [0.15, 0.2) is 10.8 Å². The van der Waals surface area contributed by atoms with Crippen molar-refractivity contribution in [3.8, 4) is 10.8 Å². The van der Waals surface area contributed by atoms with E-state index in [1.165, 1.54) is 11.3 Å². The van der Waals surface area contributed by atoms with E-state index in [1.54, 1.807) is 0 Å². The average Bonchev–Trinajstić information content (AvgIpc) is 3.05. The molecule has 2 rings (SSSR count). The highest BCUT2D eigenvalue weighted by atomic mass is 32.1. The Bertz CT molecular complexity index is 570. The van der Waals surface area contributed by atoms with Crippen LogP contribution >= 0.6 is 11.3 Å². The number of nitrogens with one attached hydrogen (secondary N) is 1. The number of rotatable bonds is 6. The van der Waals surface area contributed by atoms with E-state index >= 15 is 0 Å². The Labute approximate surface area is 123 Å². The fourth-order valence-corrected chi connectivity index (χ4v) is 2.77. The lowest BCUT2D eigenvalue weighted by atomic mass is 10.1. The van der Waals surface area contributed by atoms with Gasteiger partial charge >= 0.3 is 0 Å². The first-order chi connectivity index (χ1) is 9.62. The molecule has 0 aromatic carbocycles. The molecule has 2 aromatic heterocycles. The maximum atomic E-state index is 11.9. The zero-order valence-corrected chi connectivity index (χ0v) is 12.9. The first-order valence-electron chi connectivity index (χ1n) is 6.93. The van der Waals surface area contributed by atoms with Crippen molar-refractivity contribution < 1.29 is 9.21 Å². The molecule has 0 unspecified atom stereocenters. The van der Waals surface area contributed by atoms with E-state index in [9.17, 15) is 4.79 Å². The predicted molar refractivity (Wildman–Crippen MR) is 80.8 cm³/mol. The molecule has 1 N–H and O–H groups in total. The monoisotopic (exact) mass is 292 g/mol. The third-order valence-corrected chi connectivity index (χ3v) is 4.10. The molecule has 0 fully saturated rings. The number of carbonyl (C=O) groups excluding carboxylic acids is 1. The number of furan rings is 1. The summed E-state index contributed by atoms with van der Waals surface area (Å²) >= 11 is 1.50. The van der Waals surface area contributed by atoms with Crippen LogP contribution in [0.5, 0.6) is 0 Å². The zero-order valence-electron chi connectivity index (χ0n) is 12.1. The normalized spacial score (nSPS) is 11.0. The van der Waals surface area contributed by atoms with E-state index < -0.39 is 0 Å². The molecule has 0 bridgehead atoms. The van der Waals surface area contributed by atoms with Crippen molar-refractivity contribution in [1.82, 2.24) is 10.3 Å². The summed E-state index contributed by atoms with van der Waals surface area (Å²) in [5.74, 6) is 1.66. The van der Waals surface area contributed by atoms with Crippen LogP contribution in [0.25, 0.3) is 10.8 Å². The lowest BCUT2D eigenvalue weighted by molar-refractivity contribution is -0.121. The summed E-state index contributed by atoms with van der Waals surface area (Å²) in [6.45, 7) is 6.06. The second-order valence-corrected chi connectivity index (χ2v) is 5.67. The van der Waals surface area contributed by atoms with E-state index in [0.29, 0.717) is 6.42 Å². The van der Waals surface area contributed by atoms with Crippen molar-refractivity contribution in [2.24, 2.45) is 0 Å². The van der Waals surface area contributed by atoms with Crippen LogP contribution in [0.4, 0.5) is 0 Å². The number of nitrogens with zero attached hydrogens (tertiary/aromatic N) is 1. The van der Waals surface area contributed by atoms with E-state index in [0.717, 1.165) is 35.1 Å². The van der Waals surface area contributed by atoms with E-state index in [2.05, 4.69) is 24.1 Å². The minimum Gasteiger partial charge on any atom is -0.459 e. The molecule has 2 aromatic rings. The maximum absolute atomic E-state index is 11.9. The molecule has 20 heavy (non-hydrogen) atoms. The summed E-state index contributed by atoms with van der Waals surface area (Å²) in [7, 11) is 0. The SMILES string of the molecule is CCC(CC)NC(=O)Cc1csc(-c2ccc(C)o2)n1. The molecule has 0 saturated carbocycles. The number of thiazole rings is 1. The Hall–Kier alpha value is -1.62. The molecular weight excluding hydrogens is 272 g/mol. The van der Waals surface area contributed by atoms with Crippen LogP contribution < -0.4 is 5.32 Å². The highest BCUT2D eigenvalue weighted by Gasteiger charge is 2.13. The van der Waals surface area contributed by atoms with Gasteiger partial charge in [-0.3, -0.25) is 4.79 Å². The Balaban J connectivity index is 1.97. The molecule has 0 spiro atoms. The van der Waals surface area contributed by atoms with Gasteiger partial charge in [-0.25, -0.2) is 4.98 Å². The van der Waals surface area contributed by atoms with Gasteiger partial charge in [0, 0.05) is 11.4 Å². The predicted octanol–water partition coefficient (Wildman–Crippen LogP) is 3.56. The minimum absolute atomic E-state index is 0.0335. The summed E-state index contributed by atoms with van der Waals surface area (Å²) in [4.78, 5) is 16.4. The lowest BCUT2D eigenvalue weighted by Crippen LogP contribution is -2.34. The Morgan fingerprint density at radius 1 is 1.40 bits per heavy atom. The number of hydrogen-bond acceptors (Lipinski definition) is 4. The largest absolute Gasteiger partial charge is 0.459 e. The van der Waals surface area contributed by atoms with Gasteiger partial charge in [0.25, 0.3) is 0 Å². The first-order valence-corrected chi connectivity index (χ1v) is 7.80. The van der Waals surface area contributed by atoms with Gasteiger partial charge in [0.05, 0.1) is 12.1 Å². The van der Waals surface area contributed by atoms with Crippen LogP contribution in [0.3, 0.4) is 0 Å².